The van der Waals surface area contributed by atoms with Crippen LogP contribution >= 0.6 is 12.6 Å². The number of nitrogens with zero attached hydrogens (tertiary/aromatic N) is 1. The topological polar surface area (TPSA) is 12.5 Å². The predicted molar refractivity (Wildman–Crippen MR) is 73.9 cm³/mol. The van der Waals surface area contributed by atoms with Gasteiger partial charge in [0.1, 0.15) is 5.75 Å². The molecule has 0 spiro atoms. The molecule has 90 valence electrons. The maximum absolute atomic E-state index is 5.60. The summed E-state index contributed by atoms with van der Waals surface area (Å²) in [5.74, 6) is 1.86. The number of thiol groups is 1. The van der Waals surface area contributed by atoms with Gasteiger partial charge in [0.25, 0.3) is 0 Å². The fraction of sp³-hybridized carbons (Fsp3) is 0.538. The first-order valence-electron chi connectivity index (χ1n) is 5.72. The first-order chi connectivity index (χ1) is 7.63. The van der Waals surface area contributed by atoms with Crippen LogP contribution in [0.25, 0.3) is 0 Å². The number of anilines is 1. The molecule has 0 N–H and O–H groups in total. The summed E-state index contributed by atoms with van der Waals surface area (Å²) in [7, 11) is 2.10. The third-order valence-electron chi connectivity index (χ3n) is 2.30. The van der Waals surface area contributed by atoms with Crippen LogP contribution < -0.4 is 9.64 Å². The highest BCUT2D eigenvalue weighted by atomic mass is 32.1. The van der Waals surface area contributed by atoms with Crippen molar-refractivity contribution in [2.75, 3.05) is 24.2 Å². The van der Waals surface area contributed by atoms with Gasteiger partial charge in [-0.15, -0.1) is 0 Å². The summed E-state index contributed by atoms with van der Waals surface area (Å²) >= 11 is 4.21. The third kappa shape index (κ3) is 4.35. The Morgan fingerprint density at radius 3 is 2.38 bits per heavy atom. The van der Waals surface area contributed by atoms with Crippen LogP contribution in [0, 0.1) is 0 Å². The van der Waals surface area contributed by atoms with Gasteiger partial charge >= 0.3 is 0 Å². The van der Waals surface area contributed by atoms with Crippen LogP contribution in [-0.4, -0.2) is 25.4 Å². The van der Waals surface area contributed by atoms with E-state index < -0.39 is 0 Å². The molecule has 0 fully saturated rings. The van der Waals surface area contributed by atoms with Gasteiger partial charge in [0, 0.05) is 19.3 Å². The Morgan fingerprint density at radius 2 is 1.88 bits per heavy atom. The Bertz CT molecular complexity index is 297. The van der Waals surface area contributed by atoms with Crippen molar-refractivity contribution in [1.82, 2.24) is 0 Å². The molecule has 0 heterocycles. The molecule has 0 unspecified atom stereocenters. The fourth-order valence-electron chi connectivity index (χ4n) is 1.49. The zero-order valence-corrected chi connectivity index (χ0v) is 11.2. The van der Waals surface area contributed by atoms with Crippen molar-refractivity contribution < 1.29 is 4.74 Å². The molecule has 0 saturated carbocycles. The molecule has 0 atom stereocenters. The van der Waals surface area contributed by atoms with E-state index in [4.69, 9.17) is 4.74 Å². The molecule has 0 aliphatic carbocycles. The smallest absolute Gasteiger partial charge is 0.119 e. The van der Waals surface area contributed by atoms with Crippen LogP contribution in [-0.2, 0) is 0 Å². The van der Waals surface area contributed by atoms with Gasteiger partial charge in [-0.05, 0) is 50.3 Å². The molecular weight excluding hydrogens is 218 g/mol. The summed E-state index contributed by atoms with van der Waals surface area (Å²) in [5, 5.41) is 0. The number of hydrogen-bond donors (Lipinski definition) is 1. The fourth-order valence-corrected chi connectivity index (χ4v) is 1.63. The Balaban J connectivity index is 2.56. The molecule has 0 saturated heterocycles. The second-order valence-electron chi connectivity index (χ2n) is 4.16. The summed E-state index contributed by atoms with van der Waals surface area (Å²) in [6.45, 7) is 5.10. The van der Waals surface area contributed by atoms with Gasteiger partial charge in [-0.2, -0.15) is 12.6 Å². The standard InChI is InChI=1S/C13H21NOS/c1-11(2)15-13-7-5-12(6-8-13)14(3)9-4-10-16/h5-8,11,16H,4,9-10H2,1-3H3. The summed E-state index contributed by atoms with van der Waals surface area (Å²) in [6.07, 6.45) is 1.33. The first kappa shape index (κ1) is 13.2. The molecule has 1 rings (SSSR count). The first-order valence-corrected chi connectivity index (χ1v) is 6.35. The van der Waals surface area contributed by atoms with E-state index in [9.17, 15) is 0 Å². The van der Waals surface area contributed by atoms with Gasteiger partial charge in [0.15, 0.2) is 0 Å². The van der Waals surface area contributed by atoms with Gasteiger partial charge in [-0.1, -0.05) is 0 Å². The van der Waals surface area contributed by atoms with Crippen molar-refractivity contribution in [3.8, 4) is 5.75 Å². The van der Waals surface area contributed by atoms with Crippen LogP contribution in [0.1, 0.15) is 20.3 Å². The molecule has 2 nitrogen and oxygen atoms in total. The molecule has 0 aliphatic heterocycles. The zero-order chi connectivity index (χ0) is 12.0. The molecule has 16 heavy (non-hydrogen) atoms. The van der Waals surface area contributed by atoms with Crippen molar-refractivity contribution >= 4 is 18.3 Å². The molecule has 1 aromatic carbocycles. The van der Waals surface area contributed by atoms with E-state index in [1.165, 1.54) is 5.69 Å². The molecular formula is C13H21NOS. The summed E-state index contributed by atoms with van der Waals surface area (Å²) < 4.78 is 5.60. The second-order valence-corrected chi connectivity index (χ2v) is 4.61. The minimum Gasteiger partial charge on any atom is -0.491 e. The van der Waals surface area contributed by atoms with Gasteiger partial charge in [0.05, 0.1) is 6.10 Å². The minimum atomic E-state index is 0.229. The van der Waals surface area contributed by atoms with Gasteiger partial charge in [0.2, 0.25) is 0 Å². The molecule has 0 aromatic heterocycles. The average Bonchev–Trinajstić information content (AvgIpc) is 2.26. The Hall–Kier alpha value is -0.830. The van der Waals surface area contributed by atoms with E-state index in [0.29, 0.717) is 0 Å². The second kappa shape index (κ2) is 6.69. The van der Waals surface area contributed by atoms with Crippen molar-refractivity contribution in [3.05, 3.63) is 24.3 Å². The van der Waals surface area contributed by atoms with Crippen molar-refractivity contribution in [2.45, 2.75) is 26.4 Å². The molecule has 1 aromatic rings. The van der Waals surface area contributed by atoms with Crippen LogP contribution in [0.4, 0.5) is 5.69 Å². The largest absolute Gasteiger partial charge is 0.491 e. The Kier molecular flexibility index (Phi) is 5.53. The number of ether oxygens (including phenoxy) is 1. The lowest BCUT2D eigenvalue weighted by Crippen LogP contribution is -2.18. The molecule has 0 aliphatic rings. The number of rotatable bonds is 6. The lowest BCUT2D eigenvalue weighted by molar-refractivity contribution is 0.242. The van der Waals surface area contributed by atoms with E-state index in [1.807, 2.05) is 26.0 Å². The van der Waals surface area contributed by atoms with Crippen LogP contribution in [0.3, 0.4) is 0 Å². The van der Waals surface area contributed by atoms with Crippen LogP contribution in [0.15, 0.2) is 24.3 Å². The summed E-state index contributed by atoms with van der Waals surface area (Å²) in [5.41, 5.74) is 1.22. The lowest BCUT2D eigenvalue weighted by Gasteiger charge is -2.19. The Labute approximate surface area is 104 Å². The van der Waals surface area contributed by atoms with E-state index in [1.54, 1.807) is 0 Å². The van der Waals surface area contributed by atoms with Gasteiger partial charge in [-0.3, -0.25) is 0 Å². The summed E-state index contributed by atoms with van der Waals surface area (Å²) in [6, 6.07) is 8.23. The van der Waals surface area contributed by atoms with Crippen molar-refractivity contribution in [3.63, 3.8) is 0 Å². The zero-order valence-electron chi connectivity index (χ0n) is 10.3. The van der Waals surface area contributed by atoms with E-state index in [0.717, 1.165) is 24.5 Å². The third-order valence-corrected chi connectivity index (χ3v) is 2.62. The number of hydrogen-bond acceptors (Lipinski definition) is 3. The van der Waals surface area contributed by atoms with E-state index in [2.05, 4.69) is 36.7 Å². The quantitative estimate of drug-likeness (QED) is 0.765. The highest BCUT2D eigenvalue weighted by molar-refractivity contribution is 7.80. The molecule has 3 heteroatoms. The monoisotopic (exact) mass is 239 g/mol. The predicted octanol–water partition coefficient (Wildman–Crippen LogP) is 3.23. The van der Waals surface area contributed by atoms with Crippen LogP contribution in [0.5, 0.6) is 5.75 Å². The molecule has 0 radical (unpaired) electrons. The number of benzene rings is 1. The highest BCUT2D eigenvalue weighted by Crippen LogP contribution is 2.19. The maximum atomic E-state index is 5.60. The SMILES string of the molecule is CC(C)Oc1ccc(N(C)CCCS)cc1. The van der Waals surface area contributed by atoms with E-state index >= 15 is 0 Å². The minimum absolute atomic E-state index is 0.229. The molecule has 0 amide bonds. The van der Waals surface area contributed by atoms with Crippen molar-refractivity contribution in [2.24, 2.45) is 0 Å². The highest BCUT2D eigenvalue weighted by Gasteiger charge is 2.01. The normalized spacial score (nSPS) is 10.6. The lowest BCUT2D eigenvalue weighted by atomic mass is 10.2. The van der Waals surface area contributed by atoms with Gasteiger partial charge < -0.3 is 9.64 Å². The summed E-state index contributed by atoms with van der Waals surface area (Å²) in [4.78, 5) is 2.23. The van der Waals surface area contributed by atoms with E-state index in [-0.39, 0.29) is 6.10 Å². The maximum Gasteiger partial charge on any atom is 0.119 e. The van der Waals surface area contributed by atoms with Crippen LogP contribution in [0.2, 0.25) is 0 Å². The van der Waals surface area contributed by atoms with Crippen molar-refractivity contribution in [1.29, 1.82) is 0 Å². The average molecular weight is 239 g/mol. The molecule has 0 bridgehead atoms. The van der Waals surface area contributed by atoms with Gasteiger partial charge in [-0.25, -0.2) is 0 Å². The Morgan fingerprint density at radius 1 is 1.25 bits per heavy atom.